The molecule has 0 unspecified atom stereocenters. The zero-order valence-corrected chi connectivity index (χ0v) is 17.2. The number of rotatable bonds is 6. The summed E-state index contributed by atoms with van der Waals surface area (Å²) in [5.74, 6) is -0.419. The Kier molecular flexibility index (Phi) is 5.90. The fourth-order valence-corrected chi connectivity index (χ4v) is 4.19. The molecule has 0 saturated carbocycles. The van der Waals surface area contributed by atoms with E-state index in [9.17, 15) is 18.4 Å². The van der Waals surface area contributed by atoms with E-state index in [0.717, 1.165) is 28.1 Å². The maximum absolute atomic E-state index is 12.9. The molecule has 1 saturated heterocycles. The van der Waals surface area contributed by atoms with Crippen molar-refractivity contribution < 1.29 is 27.8 Å². The van der Waals surface area contributed by atoms with Gasteiger partial charge in [0.05, 0.1) is 18.6 Å². The Morgan fingerprint density at radius 1 is 1.03 bits per heavy atom. The molecule has 0 atom stereocenters. The number of nitrogens with zero attached hydrogens (tertiary/aromatic N) is 1. The highest BCUT2D eigenvalue weighted by Crippen LogP contribution is 2.36. The molecule has 1 aliphatic rings. The molecule has 0 bridgehead atoms. The molecular weight excluding hydrogens is 424 g/mol. The largest absolute Gasteiger partial charge is 0.493 e. The summed E-state index contributed by atoms with van der Waals surface area (Å²) in [6.07, 6.45) is 1.53. The van der Waals surface area contributed by atoms with Gasteiger partial charge in [-0.1, -0.05) is 48.5 Å². The molecule has 1 heterocycles. The highest BCUT2D eigenvalue weighted by atomic mass is 32.2. The number of halogens is 2. The van der Waals surface area contributed by atoms with Crippen molar-refractivity contribution in [2.75, 3.05) is 7.11 Å². The first-order valence-electron chi connectivity index (χ1n) is 9.31. The number of carbonyl (C=O) groups is 2. The molecule has 3 aromatic rings. The highest BCUT2D eigenvalue weighted by Gasteiger charge is 2.35. The average molecular weight is 441 g/mol. The quantitative estimate of drug-likeness (QED) is 0.460. The molecule has 1 aliphatic heterocycles. The first kappa shape index (κ1) is 20.9. The van der Waals surface area contributed by atoms with Crippen LogP contribution in [0, 0.1) is 0 Å². The predicted molar refractivity (Wildman–Crippen MR) is 115 cm³/mol. The summed E-state index contributed by atoms with van der Waals surface area (Å²) in [6, 6.07) is 17.8. The number of alkyl halides is 2. The van der Waals surface area contributed by atoms with Crippen LogP contribution in [0.4, 0.5) is 13.6 Å². The third kappa shape index (κ3) is 4.39. The van der Waals surface area contributed by atoms with Crippen molar-refractivity contribution in [3.05, 3.63) is 76.7 Å². The lowest BCUT2D eigenvalue weighted by Gasteiger charge is -2.14. The number of ether oxygens (including phenoxy) is 2. The number of benzene rings is 3. The standard InChI is InChI=1S/C23H17F2NO4S/c1-29-19-11-14(9-10-18(19)30-22(24)25)12-20-21(27)26(23(28)31-20)13-16-7-4-6-15-5-2-3-8-17(15)16/h2-12,22H,13H2,1H3/b20-12-. The zero-order chi connectivity index (χ0) is 22.0. The number of thioether (sulfide) groups is 1. The third-order valence-electron chi connectivity index (χ3n) is 4.78. The monoisotopic (exact) mass is 441 g/mol. The Labute approximate surface area is 181 Å². The molecule has 1 fully saturated rings. The van der Waals surface area contributed by atoms with Crippen molar-refractivity contribution in [1.82, 2.24) is 4.90 Å². The van der Waals surface area contributed by atoms with E-state index in [1.165, 1.54) is 36.3 Å². The Hall–Kier alpha value is -3.39. The van der Waals surface area contributed by atoms with Gasteiger partial charge in [0.15, 0.2) is 11.5 Å². The third-order valence-corrected chi connectivity index (χ3v) is 5.69. The smallest absolute Gasteiger partial charge is 0.387 e. The number of hydrogen-bond donors (Lipinski definition) is 0. The summed E-state index contributed by atoms with van der Waals surface area (Å²) in [7, 11) is 1.33. The summed E-state index contributed by atoms with van der Waals surface area (Å²) >= 11 is 0.836. The number of methoxy groups -OCH3 is 1. The van der Waals surface area contributed by atoms with Crippen molar-refractivity contribution in [2.45, 2.75) is 13.2 Å². The molecule has 0 radical (unpaired) electrons. The van der Waals surface area contributed by atoms with Gasteiger partial charge in [0.2, 0.25) is 0 Å². The Morgan fingerprint density at radius 3 is 2.58 bits per heavy atom. The second-order valence-corrected chi connectivity index (χ2v) is 7.69. The normalized spacial score (nSPS) is 15.4. The van der Waals surface area contributed by atoms with Crippen molar-refractivity contribution >= 4 is 39.8 Å². The molecule has 0 spiro atoms. The van der Waals surface area contributed by atoms with E-state index in [1.54, 1.807) is 0 Å². The maximum atomic E-state index is 12.9. The highest BCUT2D eigenvalue weighted by molar-refractivity contribution is 8.18. The molecule has 3 aromatic carbocycles. The maximum Gasteiger partial charge on any atom is 0.387 e. The van der Waals surface area contributed by atoms with E-state index in [-0.39, 0.29) is 28.2 Å². The van der Waals surface area contributed by atoms with Crippen LogP contribution in [0.25, 0.3) is 16.8 Å². The molecule has 158 valence electrons. The van der Waals surface area contributed by atoms with Crippen molar-refractivity contribution in [3.63, 3.8) is 0 Å². The number of amides is 2. The number of carbonyl (C=O) groups excluding carboxylic acids is 2. The minimum atomic E-state index is -2.98. The van der Waals surface area contributed by atoms with Gasteiger partial charge in [0.25, 0.3) is 11.1 Å². The van der Waals surface area contributed by atoms with Crippen molar-refractivity contribution in [1.29, 1.82) is 0 Å². The SMILES string of the molecule is COc1cc(/C=C2\SC(=O)N(Cc3cccc4ccccc34)C2=O)ccc1OC(F)F. The van der Waals surface area contributed by atoms with Crippen molar-refractivity contribution in [3.8, 4) is 11.5 Å². The lowest BCUT2D eigenvalue weighted by atomic mass is 10.0. The van der Waals surface area contributed by atoms with Gasteiger partial charge in [-0.15, -0.1) is 0 Å². The average Bonchev–Trinajstić information content (AvgIpc) is 3.02. The van der Waals surface area contributed by atoms with Crippen LogP contribution in [0.2, 0.25) is 0 Å². The molecule has 4 rings (SSSR count). The molecule has 0 N–H and O–H groups in total. The van der Waals surface area contributed by atoms with Crippen molar-refractivity contribution in [2.24, 2.45) is 0 Å². The van der Waals surface area contributed by atoms with E-state index in [0.29, 0.717) is 5.56 Å². The van der Waals surface area contributed by atoms with Crippen LogP contribution in [-0.4, -0.2) is 29.8 Å². The molecule has 2 amide bonds. The van der Waals surface area contributed by atoms with E-state index < -0.39 is 12.5 Å². The lowest BCUT2D eigenvalue weighted by molar-refractivity contribution is -0.123. The van der Waals surface area contributed by atoms with Gasteiger partial charge >= 0.3 is 6.61 Å². The second-order valence-electron chi connectivity index (χ2n) is 6.69. The minimum absolute atomic E-state index is 0.101. The van der Waals surface area contributed by atoms with E-state index in [2.05, 4.69) is 4.74 Å². The lowest BCUT2D eigenvalue weighted by Crippen LogP contribution is -2.27. The van der Waals surface area contributed by atoms with E-state index in [1.807, 2.05) is 42.5 Å². The topological polar surface area (TPSA) is 55.8 Å². The number of imide groups is 1. The van der Waals surface area contributed by atoms with Gasteiger partial charge in [0.1, 0.15) is 0 Å². The Balaban J connectivity index is 1.59. The van der Waals surface area contributed by atoms with Gasteiger partial charge in [-0.2, -0.15) is 8.78 Å². The second kappa shape index (κ2) is 8.77. The summed E-state index contributed by atoms with van der Waals surface area (Å²) in [6.45, 7) is -2.82. The van der Waals surface area contributed by atoms with Gasteiger partial charge in [-0.3, -0.25) is 14.5 Å². The Bertz CT molecular complexity index is 1190. The fraction of sp³-hybridized carbons (Fsp3) is 0.130. The Morgan fingerprint density at radius 2 is 1.81 bits per heavy atom. The van der Waals surface area contributed by atoms with Crippen LogP contribution in [0.3, 0.4) is 0 Å². The molecule has 0 aromatic heterocycles. The number of fused-ring (bicyclic) bond motifs is 1. The van der Waals surface area contributed by atoms with E-state index in [4.69, 9.17) is 4.74 Å². The molecule has 0 aliphatic carbocycles. The minimum Gasteiger partial charge on any atom is -0.493 e. The number of hydrogen-bond acceptors (Lipinski definition) is 5. The molecule has 8 heteroatoms. The van der Waals surface area contributed by atoms with E-state index >= 15 is 0 Å². The van der Waals surface area contributed by atoms with Crippen LogP contribution < -0.4 is 9.47 Å². The van der Waals surface area contributed by atoms with Gasteiger partial charge < -0.3 is 9.47 Å². The van der Waals surface area contributed by atoms with Crippen LogP contribution in [0.1, 0.15) is 11.1 Å². The summed E-state index contributed by atoms with van der Waals surface area (Å²) < 4.78 is 34.5. The first-order chi connectivity index (χ1) is 15.0. The van der Waals surface area contributed by atoms with Gasteiger partial charge in [-0.25, -0.2) is 0 Å². The molecule has 31 heavy (non-hydrogen) atoms. The van der Waals surface area contributed by atoms with Crippen LogP contribution >= 0.6 is 11.8 Å². The molecule has 5 nitrogen and oxygen atoms in total. The first-order valence-corrected chi connectivity index (χ1v) is 10.1. The van der Waals surface area contributed by atoms with Gasteiger partial charge in [0, 0.05) is 0 Å². The van der Waals surface area contributed by atoms with Crippen LogP contribution in [0.15, 0.2) is 65.6 Å². The summed E-state index contributed by atoms with van der Waals surface area (Å²) in [5, 5.41) is 1.64. The summed E-state index contributed by atoms with van der Waals surface area (Å²) in [5.41, 5.74) is 1.39. The van der Waals surface area contributed by atoms with Crippen LogP contribution in [0.5, 0.6) is 11.5 Å². The zero-order valence-electron chi connectivity index (χ0n) is 16.4. The fourth-order valence-electron chi connectivity index (χ4n) is 3.36. The molecular formula is C23H17F2NO4S. The van der Waals surface area contributed by atoms with Gasteiger partial charge in [-0.05, 0) is 51.9 Å². The summed E-state index contributed by atoms with van der Waals surface area (Å²) in [4.78, 5) is 26.9. The predicted octanol–water partition coefficient (Wildman–Crippen LogP) is 5.69. The van der Waals surface area contributed by atoms with Crippen LogP contribution in [-0.2, 0) is 11.3 Å².